The van der Waals surface area contributed by atoms with Crippen LogP contribution in [0.3, 0.4) is 0 Å². The number of nitrogens with zero attached hydrogens (tertiary/aromatic N) is 2. The topological polar surface area (TPSA) is 56.1 Å². The first-order valence-corrected chi connectivity index (χ1v) is 10.4. The molecular weight excluding hydrogens is 420 g/mol. The maximum Gasteiger partial charge on any atom is 0.266 e. The van der Waals surface area contributed by atoms with Gasteiger partial charge in [-0.3, -0.25) is 9.48 Å². The van der Waals surface area contributed by atoms with E-state index in [2.05, 4.69) is 10.4 Å². The van der Waals surface area contributed by atoms with E-state index in [1.807, 2.05) is 12.3 Å². The van der Waals surface area contributed by atoms with E-state index in [-0.39, 0.29) is 30.7 Å². The van der Waals surface area contributed by atoms with E-state index in [9.17, 15) is 13.6 Å². The third-order valence-corrected chi connectivity index (χ3v) is 5.56. The number of hydrogen-bond donors (Lipinski definition) is 1. The first-order valence-electron chi connectivity index (χ1n) is 9.53. The molecule has 1 amide bonds. The summed E-state index contributed by atoms with van der Waals surface area (Å²) >= 11 is 1.28. The Balaban J connectivity index is 1.38. The summed E-state index contributed by atoms with van der Waals surface area (Å²) in [7, 11) is 0. The molecule has 0 radical (unpaired) electrons. The fourth-order valence-corrected chi connectivity index (χ4v) is 3.78. The Bertz CT molecular complexity index is 1220. The summed E-state index contributed by atoms with van der Waals surface area (Å²) in [6, 6.07) is 15.9. The lowest BCUT2D eigenvalue weighted by atomic mass is 10.2. The van der Waals surface area contributed by atoms with Gasteiger partial charge in [0.1, 0.15) is 24.0 Å². The number of nitrogens with one attached hydrogen (secondary N) is 1. The van der Waals surface area contributed by atoms with Crippen LogP contribution in [-0.4, -0.2) is 15.7 Å². The maximum atomic E-state index is 13.9. The van der Waals surface area contributed by atoms with Gasteiger partial charge in [-0.15, -0.1) is 11.3 Å². The Morgan fingerprint density at radius 3 is 2.77 bits per heavy atom. The van der Waals surface area contributed by atoms with Crippen molar-refractivity contribution in [2.45, 2.75) is 20.1 Å². The van der Waals surface area contributed by atoms with Gasteiger partial charge in [0, 0.05) is 29.0 Å². The third-order valence-electron chi connectivity index (χ3n) is 4.58. The SMILES string of the molecule is Cc1cc(NC(=O)c2cc(COc3cccc(F)c3)cs2)nn1Cc1ccccc1F. The molecule has 0 aliphatic heterocycles. The molecule has 5 nitrogen and oxygen atoms in total. The second kappa shape index (κ2) is 9.09. The highest BCUT2D eigenvalue weighted by Crippen LogP contribution is 2.20. The molecule has 0 unspecified atom stereocenters. The Hall–Kier alpha value is -3.52. The van der Waals surface area contributed by atoms with Crippen molar-refractivity contribution in [1.82, 2.24) is 9.78 Å². The monoisotopic (exact) mass is 439 g/mol. The average molecular weight is 439 g/mol. The zero-order valence-corrected chi connectivity index (χ0v) is 17.5. The maximum absolute atomic E-state index is 13.9. The van der Waals surface area contributed by atoms with Crippen molar-refractivity contribution in [2.24, 2.45) is 0 Å². The van der Waals surface area contributed by atoms with Gasteiger partial charge >= 0.3 is 0 Å². The molecule has 2 aromatic carbocycles. The zero-order chi connectivity index (χ0) is 21.8. The highest BCUT2D eigenvalue weighted by molar-refractivity contribution is 7.12. The quantitative estimate of drug-likeness (QED) is 0.419. The van der Waals surface area contributed by atoms with Crippen LogP contribution in [0, 0.1) is 18.6 Å². The Morgan fingerprint density at radius 2 is 1.97 bits per heavy atom. The van der Waals surface area contributed by atoms with Crippen molar-refractivity contribution in [3.63, 3.8) is 0 Å². The average Bonchev–Trinajstić information content (AvgIpc) is 3.35. The highest BCUT2D eigenvalue weighted by Gasteiger charge is 2.14. The lowest BCUT2D eigenvalue weighted by Gasteiger charge is -2.05. The van der Waals surface area contributed by atoms with Gasteiger partial charge in [-0.1, -0.05) is 24.3 Å². The van der Waals surface area contributed by atoms with Crippen LogP contribution in [0.4, 0.5) is 14.6 Å². The van der Waals surface area contributed by atoms with Crippen LogP contribution < -0.4 is 10.1 Å². The third kappa shape index (κ3) is 5.16. The van der Waals surface area contributed by atoms with Crippen LogP contribution in [-0.2, 0) is 13.2 Å². The fraction of sp³-hybridized carbons (Fsp3) is 0.130. The summed E-state index contributed by atoms with van der Waals surface area (Å²) in [4.78, 5) is 13.1. The molecule has 4 aromatic rings. The Labute approximate surface area is 181 Å². The number of aryl methyl sites for hydroxylation is 1. The number of rotatable bonds is 7. The number of carbonyl (C=O) groups excluding carboxylic acids is 1. The molecule has 0 spiro atoms. The zero-order valence-electron chi connectivity index (χ0n) is 16.6. The molecule has 31 heavy (non-hydrogen) atoms. The minimum absolute atomic E-state index is 0.226. The number of aromatic nitrogens is 2. The molecular formula is C23H19F2N3O2S. The molecule has 0 saturated carbocycles. The van der Waals surface area contributed by atoms with Crippen LogP contribution in [0.1, 0.15) is 26.5 Å². The van der Waals surface area contributed by atoms with Crippen molar-refractivity contribution in [3.8, 4) is 5.75 Å². The molecule has 8 heteroatoms. The standard InChI is InChI=1S/C23H19F2N3O2S/c1-15-9-22(27-28(15)12-17-5-2-3-8-20(17)25)26-23(29)21-10-16(14-31-21)13-30-19-7-4-6-18(24)11-19/h2-11,14H,12-13H2,1H3,(H,26,27,29). The van der Waals surface area contributed by atoms with Crippen molar-refractivity contribution in [1.29, 1.82) is 0 Å². The molecule has 0 atom stereocenters. The summed E-state index contributed by atoms with van der Waals surface area (Å²) in [5, 5.41) is 8.95. The van der Waals surface area contributed by atoms with E-state index >= 15 is 0 Å². The van der Waals surface area contributed by atoms with Gasteiger partial charge in [-0.2, -0.15) is 5.10 Å². The van der Waals surface area contributed by atoms with Gasteiger partial charge in [0.25, 0.3) is 5.91 Å². The highest BCUT2D eigenvalue weighted by atomic mass is 32.1. The summed E-state index contributed by atoms with van der Waals surface area (Å²) < 4.78 is 34.3. The van der Waals surface area contributed by atoms with Gasteiger partial charge in [0.2, 0.25) is 0 Å². The Morgan fingerprint density at radius 1 is 1.13 bits per heavy atom. The van der Waals surface area contributed by atoms with Gasteiger partial charge in [-0.05, 0) is 36.6 Å². The van der Waals surface area contributed by atoms with E-state index in [4.69, 9.17) is 4.74 Å². The first-order chi connectivity index (χ1) is 15.0. The van der Waals surface area contributed by atoms with Gasteiger partial charge in [0.15, 0.2) is 5.82 Å². The molecule has 0 saturated heterocycles. The fourth-order valence-electron chi connectivity index (χ4n) is 2.99. The number of halogens is 2. The molecule has 2 heterocycles. The molecule has 0 aliphatic carbocycles. The van der Waals surface area contributed by atoms with Gasteiger partial charge in [0.05, 0.1) is 11.4 Å². The smallest absolute Gasteiger partial charge is 0.266 e. The van der Waals surface area contributed by atoms with Crippen molar-refractivity contribution >= 4 is 23.1 Å². The number of hydrogen-bond acceptors (Lipinski definition) is 4. The second-order valence-corrected chi connectivity index (χ2v) is 7.85. The van der Waals surface area contributed by atoms with Gasteiger partial charge in [-0.25, -0.2) is 8.78 Å². The van der Waals surface area contributed by atoms with Crippen LogP contribution in [0.25, 0.3) is 0 Å². The number of ether oxygens (including phenoxy) is 1. The van der Waals surface area contributed by atoms with Crippen LogP contribution in [0.2, 0.25) is 0 Å². The number of amides is 1. The largest absolute Gasteiger partial charge is 0.489 e. The lowest BCUT2D eigenvalue weighted by Crippen LogP contribution is -2.12. The Kier molecular flexibility index (Phi) is 6.08. The second-order valence-electron chi connectivity index (χ2n) is 6.94. The lowest BCUT2D eigenvalue weighted by molar-refractivity contribution is 0.103. The van der Waals surface area contributed by atoms with Crippen LogP contribution in [0.15, 0.2) is 66.0 Å². The minimum atomic E-state index is -0.368. The van der Waals surface area contributed by atoms with Crippen molar-refractivity contribution in [3.05, 3.63) is 99.4 Å². The summed E-state index contributed by atoms with van der Waals surface area (Å²) in [6.07, 6.45) is 0. The van der Waals surface area contributed by atoms with E-state index < -0.39 is 0 Å². The van der Waals surface area contributed by atoms with E-state index in [1.165, 1.54) is 29.5 Å². The molecule has 0 bridgehead atoms. The summed E-state index contributed by atoms with van der Waals surface area (Å²) in [5.74, 6) is -0.141. The predicted molar refractivity (Wildman–Crippen MR) is 115 cm³/mol. The van der Waals surface area contributed by atoms with E-state index in [1.54, 1.807) is 47.1 Å². The summed E-state index contributed by atoms with van der Waals surface area (Å²) in [6.45, 7) is 2.34. The number of benzene rings is 2. The van der Waals surface area contributed by atoms with Crippen LogP contribution >= 0.6 is 11.3 Å². The number of carbonyl (C=O) groups is 1. The molecule has 4 rings (SSSR count). The number of thiophene rings is 1. The minimum Gasteiger partial charge on any atom is -0.489 e. The van der Waals surface area contributed by atoms with E-state index in [0.29, 0.717) is 22.0 Å². The van der Waals surface area contributed by atoms with Crippen molar-refractivity contribution in [2.75, 3.05) is 5.32 Å². The van der Waals surface area contributed by atoms with E-state index in [0.717, 1.165) is 11.3 Å². The molecule has 2 aromatic heterocycles. The normalized spacial score (nSPS) is 10.8. The molecule has 0 fully saturated rings. The van der Waals surface area contributed by atoms with Crippen LogP contribution in [0.5, 0.6) is 5.75 Å². The predicted octanol–water partition coefficient (Wildman–Crippen LogP) is 5.41. The van der Waals surface area contributed by atoms with Gasteiger partial charge < -0.3 is 10.1 Å². The summed E-state index contributed by atoms with van der Waals surface area (Å²) in [5.41, 5.74) is 2.13. The molecule has 0 aliphatic rings. The first kappa shape index (κ1) is 20.7. The van der Waals surface area contributed by atoms with Crippen molar-refractivity contribution < 1.29 is 18.3 Å². The molecule has 158 valence electrons. The number of anilines is 1. The molecule has 1 N–H and O–H groups in total.